The van der Waals surface area contributed by atoms with Crippen LogP contribution < -0.4 is 5.32 Å². The number of likely N-dealkylation sites (tertiary alicyclic amines) is 1. The number of nitrogens with one attached hydrogen (secondary N) is 2. The predicted octanol–water partition coefficient (Wildman–Crippen LogP) is 2.72. The molecule has 0 saturated carbocycles. The summed E-state index contributed by atoms with van der Waals surface area (Å²) >= 11 is 0. The van der Waals surface area contributed by atoms with E-state index in [1.165, 1.54) is 21.4 Å². The minimum atomic E-state index is -2.04. The molecule has 7 atom stereocenters. The van der Waals surface area contributed by atoms with Crippen LogP contribution in [0.25, 0.3) is 10.9 Å². The van der Waals surface area contributed by atoms with Crippen LogP contribution in [0.1, 0.15) is 55.7 Å². The average molecular weight is 612 g/mol. The quantitative estimate of drug-likeness (QED) is 0.409. The lowest BCUT2D eigenvalue weighted by molar-refractivity contribution is -0.321. The molecule has 4 saturated heterocycles. The van der Waals surface area contributed by atoms with Crippen molar-refractivity contribution in [1.82, 2.24) is 25.0 Å². The molecule has 1 aromatic heterocycles. The number of carbonyl (C=O) groups is 3. The maximum Gasteiger partial charge on any atom is 0.281 e. The second-order valence-corrected chi connectivity index (χ2v) is 14.0. The molecule has 10 nitrogen and oxygen atoms in total. The lowest BCUT2D eigenvalue weighted by Gasteiger charge is -2.48. The van der Waals surface area contributed by atoms with E-state index in [0.29, 0.717) is 32.4 Å². The molecular weight excluding hydrogens is 570 g/mol. The maximum atomic E-state index is 14.6. The number of fused-ring (bicyclic) bond motifs is 5. The summed E-state index contributed by atoms with van der Waals surface area (Å²) in [5, 5.41) is 16.6. The number of hydrogen-bond donors (Lipinski definition) is 3. The standard InChI is InChI=1S/C35H41N5O5/c1-20(2)34(37-31(41)23-16-25-24-11-7-12-26-30(24)22(18-36-26)17-27(25)38(3)19-23)33(43)40-28(15-21-9-5-4-6-10-21)32(42)39-14-8-13-29(39)35(40,44)45-34/h4-7,9-12,18,20,23,25,27-29,36,44H,8,13-17,19H2,1-3H3,(H,37,41)/t23-,25?,27-,28+,29+,34-,35+/m1/s1. The van der Waals surface area contributed by atoms with Crippen molar-refractivity contribution >= 4 is 28.6 Å². The molecule has 0 bridgehead atoms. The molecule has 4 aliphatic heterocycles. The molecular formula is C35H41N5O5. The van der Waals surface area contributed by atoms with E-state index in [-0.39, 0.29) is 30.2 Å². The molecule has 2 aromatic carbocycles. The van der Waals surface area contributed by atoms with Gasteiger partial charge in [0, 0.05) is 54.5 Å². The fraction of sp³-hybridized carbons (Fsp3) is 0.514. The van der Waals surface area contributed by atoms with Crippen molar-refractivity contribution in [3.63, 3.8) is 0 Å². The molecule has 3 aromatic rings. The van der Waals surface area contributed by atoms with Gasteiger partial charge in [0.15, 0.2) is 0 Å². The Balaban J connectivity index is 1.12. The molecule has 3 amide bonds. The molecule has 5 heterocycles. The minimum Gasteiger partial charge on any atom is -0.361 e. The number of aliphatic hydroxyl groups is 1. The first-order valence-electron chi connectivity index (χ1n) is 16.3. The first-order chi connectivity index (χ1) is 21.6. The topological polar surface area (TPSA) is 118 Å². The highest BCUT2D eigenvalue weighted by Crippen LogP contribution is 2.49. The van der Waals surface area contributed by atoms with E-state index >= 15 is 0 Å². The van der Waals surface area contributed by atoms with Crippen LogP contribution in [-0.4, -0.2) is 92.4 Å². The zero-order valence-corrected chi connectivity index (χ0v) is 26.0. The van der Waals surface area contributed by atoms with Crippen LogP contribution in [-0.2, 0) is 32.0 Å². The number of carbonyl (C=O) groups excluding carboxylic acids is 3. The van der Waals surface area contributed by atoms with Crippen molar-refractivity contribution in [3.05, 3.63) is 71.4 Å². The van der Waals surface area contributed by atoms with E-state index in [4.69, 9.17) is 4.74 Å². The van der Waals surface area contributed by atoms with Crippen LogP contribution in [0.15, 0.2) is 54.7 Å². The van der Waals surface area contributed by atoms with Gasteiger partial charge in [0.25, 0.3) is 11.8 Å². The van der Waals surface area contributed by atoms with E-state index in [2.05, 4.69) is 46.6 Å². The fourth-order valence-corrected chi connectivity index (χ4v) is 8.99. The van der Waals surface area contributed by atoms with Crippen molar-refractivity contribution in [2.45, 2.75) is 81.6 Å². The van der Waals surface area contributed by atoms with Crippen molar-refractivity contribution in [2.75, 3.05) is 20.1 Å². The Morgan fingerprint density at radius 2 is 1.96 bits per heavy atom. The van der Waals surface area contributed by atoms with Gasteiger partial charge in [0.1, 0.15) is 12.1 Å². The van der Waals surface area contributed by atoms with Crippen LogP contribution in [0.2, 0.25) is 0 Å². The number of rotatable bonds is 5. The number of likely N-dealkylation sites (N-methyl/N-ethyl adjacent to an activating group) is 1. The molecule has 1 aliphatic carbocycles. The summed E-state index contributed by atoms with van der Waals surface area (Å²) in [4.78, 5) is 51.4. The Hall–Kier alpha value is -3.73. The van der Waals surface area contributed by atoms with Gasteiger partial charge in [-0.25, -0.2) is 0 Å². The van der Waals surface area contributed by atoms with E-state index < -0.39 is 41.5 Å². The number of hydrogen-bond acceptors (Lipinski definition) is 6. The third-order valence-corrected chi connectivity index (χ3v) is 11.2. The highest BCUT2D eigenvalue weighted by Gasteiger charge is 2.72. The van der Waals surface area contributed by atoms with Crippen molar-refractivity contribution in [2.24, 2.45) is 11.8 Å². The number of aromatic amines is 1. The Bertz CT molecular complexity index is 1690. The normalized spacial score (nSPS) is 34.3. The van der Waals surface area contributed by atoms with E-state index in [1.807, 2.05) is 44.2 Å². The summed E-state index contributed by atoms with van der Waals surface area (Å²) in [6, 6.07) is 14.5. The summed E-state index contributed by atoms with van der Waals surface area (Å²) in [5.74, 6) is -3.80. The second-order valence-electron chi connectivity index (χ2n) is 14.0. The molecule has 4 fully saturated rings. The summed E-state index contributed by atoms with van der Waals surface area (Å²) in [5.41, 5.74) is 2.75. The van der Waals surface area contributed by atoms with Gasteiger partial charge in [-0.1, -0.05) is 56.3 Å². The molecule has 10 heteroatoms. The molecule has 45 heavy (non-hydrogen) atoms. The molecule has 5 aliphatic rings. The number of nitrogens with zero attached hydrogens (tertiary/aromatic N) is 3. The van der Waals surface area contributed by atoms with Crippen LogP contribution in [0.4, 0.5) is 0 Å². The summed E-state index contributed by atoms with van der Waals surface area (Å²) in [6.45, 7) is 4.68. The van der Waals surface area contributed by atoms with Gasteiger partial charge in [0.2, 0.25) is 17.5 Å². The van der Waals surface area contributed by atoms with Crippen molar-refractivity contribution in [3.8, 4) is 0 Å². The SMILES string of the molecule is CC(C)[C@@]1(NC(=O)[C@@H]2CC3c4cccc5[nH]cc(c45)C[C@H]3N(C)C2)O[C@@]2(O)[C@@H]3CCCN3C(=O)[C@H](Cc3ccccc3)N2C1=O. The maximum absolute atomic E-state index is 14.6. The first kappa shape index (κ1) is 28.7. The van der Waals surface area contributed by atoms with Crippen LogP contribution in [0.5, 0.6) is 0 Å². The Labute approximate surface area is 262 Å². The third kappa shape index (κ3) is 4.08. The van der Waals surface area contributed by atoms with Gasteiger partial charge in [-0.15, -0.1) is 0 Å². The van der Waals surface area contributed by atoms with Gasteiger partial charge in [0.05, 0.1) is 5.92 Å². The smallest absolute Gasteiger partial charge is 0.281 e. The largest absolute Gasteiger partial charge is 0.361 e. The van der Waals surface area contributed by atoms with Crippen molar-refractivity contribution in [1.29, 1.82) is 0 Å². The Morgan fingerprint density at radius 3 is 2.73 bits per heavy atom. The third-order valence-electron chi connectivity index (χ3n) is 11.2. The van der Waals surface area contributed by atoms with Crippen LogP contribution in [0, 0.1) is 11.8 Å². The monoisotopic (exact) mass is 611 g/mol. The van der Waals surface area contributed by atoms with Crippen LogP contribution in [0.3, 0.4) is 0 Å². The number of ether oxygens (including phenoxy) is 1. The number of piperazine rings is 1. The Morgan fingerprint density at radius 1 is 1.16 bits per heavy atom. The first-order valence-corrected chi connectivity index (χ1v) is 16.3. The fourth-order valence-electron chi connectivity index (χ4n) is 8.99. The minimum absolute atomic E-state index is 0.164. The molecule has 236 valence electrons. The predicted molar refractivity (Wildman–Crippen MR) is 167 cm³/mol. The Kier molecular flexibility index (Phi) is 6.47. The highest BCUT2D eigenvalue weighted by atomic mass is 16.7. The zero-order chi connectivity index (χ0) is 31.2. The summed E-state index contributed by atoms with van der Waals surface area (Å²) in [6.07, 6.45) is 5.12. The van der Waals surface area contributed by atoms with Gasteiger partial charge < -0.3 is 25.2 Å². The van der Waals surface area contributed by atoms with Gasteiger partial charge in [-0.3, -0.25) is 24.0 Å². The lowest BCUT2D eigenvalue weighted by Crippen LogP contribution is -2.71. The number of aromatic nitrogens is 1. The van der Waals surface area contributed by atoms with E-state index in [9.17, 15) is 19.5 Å². The molecule has 1 unspecified atom stereocenters. The zero-order valence-electron chi connectivity index (χ0n) is 26.0. The molecule has 0 spiro atoms. The average Bonchev–Trinajstić information content (AvgIpc) is 3.74. The van der Waals surface area contributed by atoms with Crippen LogP contribution >= 0.6 is 0 Å². The van der Waals surface area contributed by atoms with Gasteiger partial charge in [-0.05, 0) is 55.5 Å². The lowest BCUT2D eigenvalue weighted by atomic mass is 9.72. The molecule has 8 rings (SSSR count). The summed E-state index contributed by atoms with van der Waals surface area (Å²) in [7, 11) is 2.07. The van der Waals surface area contributed by atoms with Gasteiger partial charge in [-0.2, -0.15) is 0 Å². The van der Waals surface area contributed by atoms with Gasteiger partial charge >= 0.3 is 0 Å². The number of benzene rings is 2. The highest BCUT2D eigenvalue weighted by molar-refractivity contribution is 5.98. The molecule has 3 N–H and O–H groups in total. The second kappa shape index (κ2) is 10.1. The number of piperidine rings is 1. The number of H-pyrrole nitrogens is 1. The van der Waals surface area contributed by atoms with Crippen molar-refractivity contribution < 1.29 is 24.2 Å². The van der Waals surface area contributed by atoms with E-state index in [0.717, 1.165) is 17.5 Å². The molecule has 0 radical (unpaired) electrons. The summed E-state index contributed by atoms with van der Waals surface area (Å²) < 4.78 is 6.51. The van der Waals surface area contributed by atoms with E-state index in [1.54, 1.807) is 4.90 Å². The number of amides is 3.